The fraction of sp³-hybridized carbons (Fsp3) is 0.778. The molecule has 0 bridgehead atoms. The molecular formula is C18H30O3. The highest BCUT2D eigenvalue weighted by Gasteiger charge is 2.32. The number of hydrogen-bond donors (Lipinski definition) is 1. The van der Waals surface area contributed by atoms with E-state index in [9.17, 15) is 9.59 Å². The van der Waals surface area contributed by atoms with Gasteiger partial charge in [0.1, 0.15) is 5.78 Å². The first-order valence-electron chi connectivity index (χ1n) is 8.54. The summed E-state index contributed by atoms with van der Waals surface area (Å²) in [7, 11) is 0. The average Bonchev–Trinajstić information content (AvgIpc) is 2.79. The lowest BCUT2D eigenvalue weighted by Gasteiger charge is -2.16. The minimum Gasteiger partial charge on any atom is -0.481 e. The third kappa shape index (κ3) is 7.45. The second-order valence-corrected chi connectivity index (χ2v) is 6.19. The molecule has 0 spiro atoms. The van der Waals surface area contributed by atoms with Crippen LogP contribution in [0.1, 0.15) is 77.6 Å². The molecule has 1 aliphatic rings. The number of unbranched alkanes of at least 4 members (excludes halogenated alkanes) is 4. The summed E-state index contributed by atoms with van der Waals surface area (Å²) in [6.07, 6.45) is 14.9. The number of carbonyl (C=O) groups is 2. The lowest BCUT2D eigenvalue weighted by Crippen LogP contribution is -2.14. The van der Waals surface area contributed by atoms with Crippen LogP contribution < -0.4 is 0 Å². The van der Waals surface area contributed by atoms with Crippen molar-refractivity contribution in [3.05, 3.63) is 12.2 Å². The van der Waals surface area contributed by atoms with Gasteiger partial charge in [0.2, 0.25) is 0 Å². The van der Waals surface area contributed by atoms with Crippen molar-refractivity contribution in [2.24, 2.45) is 11.8 Å². The molecule has 0 aromatic rings. The van der Waals surface area contributed by atoms with Crippen LogP contribution in [0.5, 0.6) is 0 Å². The SMILES string of the molecule is CC/C=C\CC1C(=O)CCC1CCCCCCCC(=O)O. The van der Waals surface area contributed by atoms with E-state index >= 15 is 0 Å². The van der Waals surface area contributed by atoms with E-state index in [0.29, 0.717) is 18.1 Å². The van der Waals surface area contributed by atoms with Gasteiger partial charge in [0.25, 0.3) is 0 Å². The molecule has 3 heteroatoms. The van der Waals surface area contributed by atoms with Crippen molar-refractivity contribution in [1.29, 1.82) is 0 Å². The number of carboxylic acids is 1. The van der Waals surface area contributed by atoms with Gasteiger partial charge in [-0.25, -0.2) is 0 Å². The number of aliphatic carboxylic acids is 1. The van der Waals surface area contributed by atoms with Gasteiger partial charge in [-0.3, -0.25) is 9.59 Å². The van der Waals surface area contributed by atoms with E-state index in [1.54, 1.807) is 0 Å². The van der Waals surface area contributed by atoms with Gasteiger partial charge in [-0.1, -0.05) is 44.8 Å². The first-order chi connectivity index (χ1) is 10.1. The van der Waals surface area contributed by atoms with Gasteiger partial charge in [-0.05, 0) is 38.0 Å². The molecule has 2 atom stereocenters. The Morgan fingerprint density at radius 3 is 2.62 bits per heavy atom. The summed E-state index contributed by atoms with van der Waals surface area (Å²) in [6.45, 7) is 2.12. The standard InChI is InChI=1S/C18H30O3/c1-2-3-7-11-16-15(13-14-17(16)19)10-8-5-4-6-9-12-18(20)21/h3,7,15-16H,2,4-6,8-14H2,1H3,(H,20,21)/b7-3-. The zero-order chi connectivity index (χ0) is 15.5. The fourth-order valence-electron chi connectivity index (χ4n) is 3.27. The zero-order valence-electron chi connectivity index (χ0n) is 13.4. The first kappa shape index (κ1) is 17.9. The molecule has 1 rings (SSSR count). The molecule has 1 fully saturated rings. The Bertz CT molecular complexity index is 346. The van der Waals surface area contributed by atoms with E-state index in [4.69, 9.17) is 5.11 Å². The summed E-state index contributed by atoms with van der Waals surface area (Å²) >= 11 is 0. The maximum absolute atomic E-state index is 11.9. The molecule has 0 heterocycles. The van der Waals surface area contributed by atoms with Crippen molar-refractivity contribution in [3.8, 4) is 0 Å². The molecular weight excluding hydrogens is 264 g/mol. The number of carboxylic acid groups (broad SMARTS) is 1. The molecule has 0 aromatic heterocycles. The Morgan fingerprint density at radius 2 is 1.90 bits per heavy atom. The number of Topliss-reactive ketones (excluding diaryl/α,β-unsaturated/α-hetero) is 1. The van der Waals surface area contributed by atoms with E-state index in [0.717, 1.165) is 51.4 Å². The van der Waals surface area contributed by atoms with E-state index in [2.05, 4.69) is 19.1 Å². The minimum atomic E-state index is -0.692. The molecule has 120 valence electrons. The molecule has 1 saturated carbocycles. The number of rotatable bonds is 11. The summed E-state index contributed by atoms with van der Waals surface area (Å²) in [5, 5.41) is 8.56. The smallest absolute Gasteiger partial charge is 0.303 e. The van der Waals surface area contributed by atoms with Crippen LogP contribution in [0.4, 0.5) is 0 Å². The van der Waals surface area contributed by atoms with Gasteiger partial charge >= 0.3 is 5.97 Å². The highest BCUT2D eigenvalue weighted by molar-refractivity contribution is 5.83. The van der Waals surface area contributed by atoms with Crippen LogP contribution in [-0.2, 0) is 9.59 Å². The summed E-state index contributed by atoms with van der Waals surface area (Å²) in [6, 6.07) is 0. The first-order valence-corrected chi connectivity index (χ1v) is 8.54. The zero-order valence-corrected chi connectivity index (χ0v) is 13.4. The number of carbonyl (C=O) groups excluding carboxylic acids is 1. The second-order valence-electron chi connectivity index (χ2n) is 6.19. The Kier molecular flexibility index (Phi) is 9.04. The van der Waals surface area contributed by atoms with E-state index in [1.807, 2.05) is 0 Å². The summed E-state index contributed by atoms with van der Waals surface area (Å²) in [5.41, 5.74) is 0. The Hall–Kier alpha value is -1.12. The molecule has 2 unspecified atom stereocenters. The normalized spacial score (nSPS) is 22.2. The quantitative estimate of drug-likeness (QED) is 0.442. The largest absolute Gasteiger partial charge is 0.481 e. The van der Waals surface area contributed by atoms with Crippen molar-refractivity contribution in [3.63, 3.8) is 0 Å². The van der Waals surface area contributed by atoms with Crippen molar-refractivity contribution in [2.75, 3.05) is 0 Å². The van der Waals surface area contributed by atoms with Crippen LogP contribution in [0.15, 0.2) is 12.2 Å². The van der Waals surface area contributed by atoms with Crippen molar-refractivity contribution < 1.29 is 14.7 Å². The number of hydrogen-bond acceptors (Lipinski definition) is 2. The topological polar surface area (TPSA) is 54.4 Å². The predicted octanol–water partition coefficient (Wildman–Crippen LogP) is 4.75. The molecule has 0 saturated heterocycles. The second kappa shape index (κ2) is 10.6. The third-order valence-corrected chi connectivity index (χ3v) is 4.50. The Morgan fingerprint density at radius 1 is 1.19 bits per heavy atom. The minimum absolute atomic E-state index is 0.264. The van der Waals surface area contributed by atoms with Crippen LogP contribution in [0, 0.1) is 11.8 Å². The Balaban J connectivity index is 2.13. The van der Waals surface area contributed by atoms with E-state index in [-0.39, 0.29) is 5.92 Å². The van der Waals surface area contributed by atoms with Gasteiger partial charge < -0.3 is 5.11 Å². The molecule has 21 heavy (non-hydrogen) atoms. The maximum atomic E-state index is 11.9. The summed E-state index contributed by atoms with van der Waals surface area (Å²) in [4.78, 5) is 22.3. The van der Waals surface area contributed by atoms with Crippen molar-refractivity contribution in [2.45, 2.75) is 77.6 Å². The van der Waals surface area contributed by atoms with Gasteiger partial charge in [0, 0.05) is 18.8 Å². The van der Waals surface area contributed by atoms with Gasteiger partial charge in [0.05, 0.1) is 0 Å². The highest BCUT2D eigenvalue weighted by atomic mass is 16.4. The highest BCUT2D eigenvalue weighted by Crippen LogP contribution is 2.35. The monoisotopic (exact) mass is 294 g/mol. The van der Waals surface area contributed by atoms with Gasteiger partial charge in [-0.15, -0.1) is 0 Å². The summed E-state index contributed by atoms with van der Waals surface area (Å²) < 4.78 is 0. The van der Waals surface area contributed by atoms with Crippen LogP contribution in [0.25, 0.3) is 0 Å². The molecule has 1 N–H and O–H groups in total. The fourth-order valence-corrected chi connectivity index (χ4v) is 3.27. The number of ketones is 1. The lowest BCUT2D eigenvalue weighted by molar-refractivity contribution is -0.137. The molecule has 1 aliphatic carbocycles. The van der Waals surface area contributed by atoms with Gasteiger partial charge in [0.15, 0.2) is 0 Å². The number of allylic oxidation sites excluding steroid dienone is 2. The van der Waals surface area contributed by atoms with Crippen molar-refractivity contribution >= 4 is 11.8 Å². The summed E-state index contributed by atoms with van der Waals surface area (Å²) in [5.74, 6) is 0.613. The molecule has 0 amide bonds. The van der Waals surface area contributed by atoms with Gasteiger partial charge in [-0.2, -0.15) is 0 Å². The van der Waals surface area contributed by atoms with Crippen LogP contribution in [0.2, 0.25) is 0 Å². The van der Waals surface area contributed by atoms with E-state index in [1.165, 1.54) is 12.8 Å². The predicted molar refractivity (Wildman–Crippen MR) is 85.2 cm³/mol. The van der Waals surface area contributed by atoms with Crippen LogP contribution >= 0.6 is 0 Å². The lowest BCUT2D eigenvalue weighted by atomic mass is 9.87. The molecule has 3 nitrogen and oxygen atoms in total. The molecule has 0 aliphatic heterocycles. The maximum Gasteiger partial charge on any atom is 0.303 e. The van der Waals surface area contributed by atoms with Crippen LogP contribution in [-0.4, -0.2) is 16.9 Å². The Labute approximate surface area is 128 Å². The van der Waals surface area contributed by atoms with Crippen molar-refractivity contribution in [1.82, 2.24) is 0 Å². The van der Waals surface area contributed by atoms with E-state index < -0.39 is 5.97 Å². The van der Waals surface area contributed by atoms with Crippen LogP contribution in [0.3, 0.4) is 0 Å². The average molecular weight is 294 g/mol. The third-order valence-electron chi connectivity index (χ3n) is 4.50. The molecule has 0 radical (unpaired) electrons. The molecule has 0 aromatic carbocycles.